The van der Waals surface area contributed by atoms with Gasteiger partial charge in [-0.25, -0.2) is 4.39 Å². The van der Waals surface area contributed by atoms with Gasteiger partial charge in [-0.1, -0.05) is 0 Å². The highest BCUT2D eigenvalue weighted by atomic mass is 19.1. The normalized spacial score (nSPS) is 18.4. The molecule has 1 saturated heterocycles. The maximum Gasteiger partial charge on any atom is 0.253 e. The fraction of sp³-hybridized carbons (Fsp3) is 0.471. The first kappa shape index (κ1) is 18.3. The molecule has 140 valence electrons. The van der Waals surface area contributed by atoms with Gasteiger partial charge in [-0.05, 0) is 31.0 Å². The highest BCUT2D eigenvalue weighted by Gasteiger charge is 2.32. The van der Waals surface area contributed by atoms with Gasteiger partial charge in [0.1, 0.15) is 18.5 Å². The van der Waals surface area contributed by atoms with Crippen molar-refractivity contribution in [2.75, 3.05) is 36.5 Å². The Bertz CT molecular complexity index is 723. The molecule has 4 N–H and O–H groups in total. The molecule has 8 nitrogen and oxygen atoms in total. The molecule has 0 spiro atoms. The van der Waals surface area contributed by atoms with E-state index in [1.807, 2.05) is 0 Å². The lowest BCUT2D eigenvalue weighted by Gasteiger charge is -2.27. The van der Waals surface area contributed by atoms with E-state index in [1.54, 1.807) is 6.07 Å². The van der Waals surface area contributed by atoms with Crippen molar-refractivity contribution in [1.29, 1.82) is 0 Å². The SMILES string of the molecule is NC[C@@H](NC(=O)C1CC1)C(=O)Nc1ccc(N2CCOCC2=O)cc1F. The van der Waals surface area contributed by atoms with Crippen LogP contribution in [0, 0.1) is 11.7 Å². The average Bonchev–Trinajstić information content (AvgIpc) is 3.46. The third-order valence-corrected chi connectivity index (χ3v) is 4.32. The molecule has 3 amide bonds. The van der Waals surface area contributed by atoms with Crippen LogP contribution in [-0.4, -0.2) is 50.1 Å². The number of morpholine rings is 1. The first-order valence-corrected chi connectivity index (χ1v) is 8.48. The lowest BCUT2D eigenvalue weighted by molar-refractivity contribution is -0.127. The lowest BCUT2D eigenvalue weighted by atomic mass is 10.2. The molecule has 1 aliphatic heterocycles. The van der Waals surface area contributed by atoms with E-state index in [2.05, 4.69) is 10.6 Å². The van der Waals surface area contributed by atoms with Crippen molar-refractivity contribution in [3.63, 3.8) is 0 Å². The van der Waals surface area contributed by atoms with Crippen LogP contribution in [-0.2, 0) is 19.1 Å². The predicted molar refractivity (Wildman–Crippen MR) is 91.9 cm³/mol. The lowest BCUT2D eigenvalue weighted by Crippen LogP contribution is -2.49. The Morgan fingerprint density at radius 3 is 2.77 bits per heavy atom. The number of benzene rings is 1. The zero-order valence-corrected chi connectivity index (χ0v) is 14.2. The number of nitrogens with two attached hydrogens (primary N) is 1. The highest BCUT2D eigenvalue weighted by molar-refractivity contribution is 5.99. The molecule has 0 aromatic heterocycles. The van der Waals surface area contributed by atoms with Crippen LogP contribution >= 0.6 is 0 Å². The highest BCUT2D eigenvalue weighted by Crippen LogP contribution is 2.29. The quantitative estimate of drug-likeness (QED) is 0.657. The molecule has 1 heterocycles. The number of hydrogen-bond acceptors (Lipinski definition) is 5. The second-order valence-electron chi connectivity index (χ2n) is 6.32. The number of hydrogen-bond donors (Lipinski definition) is 3. The number of ether oxygens (including phenoxy) is 1. The van der Waals surface area contributed by atoms with Crippen molar-refractivity contribution in [2.24, 2.45) is 11.7 Å². The zero-order valence-electron chi connectivity index (χ0n) is 14.2. The van der Waals surface area contributed by atoms with Crippen molar-refractivity contribution >= 4 is 29.1 Å². The molecule has 1 aliphatic carbocycles. The molecule has 0 radical (unpaired) electrons. The van der Waals surface area contributed by atoms with Gasteiger partial charge in [-0.15, -0.1) is 0 Å². The van der Waals surface area contributed by atoms with Crippen LogP contribution in [0.15, 0.2) is 18.2 Å². The maximum absolute atomic E-state index is 14.4. The van der Waals surface area contributed by atoms with Crippen molar-refractivity contribution in [1.82, 2.24) is 5.32 Å². The zero-order chi connectivity index (χ0) is 18.7. The summed E-state index contributed by atoms with van der Waals surface area (Å²) in [5, 5.41) is 5.00. The third kappa shape index (κ3) is 4.17. The van der Waals surface area contributed by atoms with Gasteiger partial charge < -0.3 is 26.0 Å². The minimum absolute atomic E-state index is 0.0427. The van der Waals surface area contributed by atoms with Crippen molar-refractivity contribution in [3.05, 3.63) is 24.0 Å². The molecule has 2 aliphatic rings. The van der Waals surface area contributed by atoms with E-state index < -0.39 is 17.8 Å². The van der Waals surface area contributed by atoms with Crippen molar-refractivity contribution in [3.8, 4) is 0 Å². The average molecular weight is 364 g/mol. The number of amides is 3. The molecule has 9 heteroatoms. The summed E-state index contributed by atoms with van der Waals surface area (Å²) in [6.07, 6.45) is 1.61. The van der Waals surface area contributed by atoms with E-state index in [1.165, 1.54) is 17.0 Å². The molecule has 0 bridgehead atoms. The van der Waals surface area contributed by atoms with Gasteiger partial charge in [0.2, 0.25) is 11.8 Å². The third-order valence-electron chi connectivity index (χ3n) is 4.32. The Balaban J connectivity index is 1.65. The summed E-state index contributed by atoms with van der Waals surface area (Å²) in [4.78, 5) is 37.3. The van der Waals surface area contributed by atoms with E-state index >= 15 is 0 Å². The molecule has 0 unspecified atom stereocenters. The van der Waals surface area contributed by atoms with Gasteiger partial charge >= 0.3 is 0 Å². The van der Waals surface area contributed by atoms with Crippen LogP contribution < -0.4 is 21.3 Å². The number of anilines is 2. The second-order valence-corrected chi connectivity index (χ2v) is 6.32. The molecule has 3 rings (SSSR count). The number of nitrogens with zero attached hydrogens (tertiary/aromatic N) is 1. The van der Waals surface area contributed by atoms with Crippen LogP contribution in [0.5, 0.6) is 0 Å². The number of carbonyl (C=O) groups excluding carboxylic acids is 3. The molecular formula is C17H21FN4O4. The number of rotatable bonds is 6. The number of nitrogens with one attached hydrogen (secondary N) is 2. The van der Waals surface area contributed by atoms with Crippen LogP contribution in [0.1, 0.15) is 12.8 Å². The van der Waals surface area contributed by atoms with Crippen molar-refractivity contribution in [2.45, 2.75) is 18.9 Å². The van der Waals surface area contributed by atoms with Crippen molar-refractivity contribution < 1.29 is 23.5 Å². The molecule has 26 heavy (non-hydrogen) atoms. The van der Waals surface area contributed by atoms with Crippen LogP contribution in [0.2, 0.25) is 0 Å². The van der Waals surface area contributed by atoms with E-state index in [9.17, 15) is 18.8 Å². The fourth-order valence-electron chi connectivity index (χ4n) is 2.65. The van der Waals surface area contributed by atoms with E-state index in [0.717, 1.165) is 12.8 Å². The predicted octanol–water partition coefficient (Wildman–Crippen LogP) is -0.0191. The Kier molecular flexibility index (Phi) is 5.48. The van der Waals surface area contributed by atoms with Gasteiger partial charge in [0, 0.05) is 24.7 Å². The van der Waals surface area contributed by atoms with Crippen LogP contribution in [0.25, 0.3) is 0 Å². The summed E-state index contributed by atoms with van der Waals surface area (Å²) in [5.41, 5.74) is 5.90. The fourth-order valence-corrected chi connectivity index (χ4v) is 2.65. The molecular weight excluding hydrogens is 343 g/mol. The van der Waals surface area contributed by atoms with Gasteiger partial charge in [-0.2, -0.15) is 0 Å². The summed E-state index contributed by atoms with van der Waals surface area (Å²) in [6.45, 7) is 0.586. The molecule has 2 fully saturated rings. The Hall–Kier alpha value is -2.52. The van der Waals surface area contributed by atoms with E-state index in [0.29, 0.717) is 18.8 Å². The Morgan fingerprint density at radius 1 is 1.38 bits per heavy atom. The number of halogens is 1. The van der Waals surface area contributed by atoms with Gasteiger partial charge in [0.15, 0.2) is 0 Å². The first-order valence-electron chi connectivity index (χ1n) is 8.48. The number of carbonyl (C=O) groups is 3. The monoisotopic (exact) mass is 364 g/mol. The molecule has 1 saturated carbocycles. The standard InChI is InChI=1S/C17H21FN4O4/c18-12-7-11(22-5-6-26-9-15(22)23)3-4-13(12)20-17(25)14(8-19)21-16(24)10-1-2-10/h3-4,7,10,14H,1-2,5-6,8-9,19H2,(H,20,25)(H,21,24)/t14-/m1/s1. The topological polar surface area (TPSA) is 114 Å². The Morgan fingerprint density at radius 2 is 2.15 bits per heavy atom. The summed E-state index contributed by atoms with van der Waals surface area (Å²) in [6, 6.07) is 3.17. The molecule has 1 aromatic rings. The van der Waals surface area contributed by atoms with E-state index in [4.69, 9.17) is 10.5 Å². The van der Waals surface area contributed by atoms with Gasteiger partial charge in [0.25, 0.3) is 5.91 Å². The maximum atomic E-state index is 14.4. The molecule has 1 aromatic carbocycles. The van der Waals surface area contributed by atoms with Gasteiger partial charge in [0.05, 0.1) is 12.3 Å². The largest absolute Gasteiger partial charge is 0.370 e. The minimum atomic E-state index is -0.928. The molecule has 1 atom stereocenters. The van der Waals surface area contributed by atoms with Crippen LogP contribution in [0.4, 0.5) is 15.8 Å². The smallest absolute Gasteiger partial charge is 0.253 e. The summed E-state index contributed by atoms with van der Waals surface area (Å²) >= 11 is 0. The second kappa shape index (κ2) is 7.79. The minimum Gasteiger partial charge on any atom is -0.370 e. The van der Waals surface area contributed by atoms with E-state index in [-0.39, 0.29) is 36.6 Å². The Labute approximate surface area is 149 Å². The summed E-state index contributed by atoms with van der Waals surface area (Å²) in [5.74, 6) is -1.79. The summed E-state index contributed by atoms with van der Waals surface area (Å²) in [7, 11) is 0. The first-order chi connectivity index (χ1) is 12.5. The summed E-state index contributed by atoms with van der Waals surface area (Å²) < 4.78 is 19.4. The van der Waals surface area contributed by atoms with Crippen LogP contribution in [0.3, 0.4) is 0 Å². The van der Waals surface area contributed by atoms with Gasteiger partial charge in [-0.3, -0.25) is 14.4 Å².